The van der Waals surface area contributed by atoms with Gasteiger partial charge in [-0.1, -0.05) is 36.4 Å². The van der Waals surface area contributed by atoms with Crippen LogP contribution < -0.4 is 20.1 Å². The summed E-state index contributed by atoms with van der Waals surface area (Å²) in [5.74, 6) is 1.95. The Kier molecular flexibility index (Phi) is 8.86. The number of carbonyl (C=O) groups excluding carboxylic acids is 1. The number of aliphatic hydroxyl groups is 1. The quantitative estimate of drug-likeness (QED) is 0.259. The first-order chi connectivity index (χ1) is 17.6. The molecule has 0 spiro atoms. The summed E-state index contributed by atoms with van der Waals surface area (Å²) in [6.45, 7) is 3.88. The Morgan fingerprint density at radius 1 is 0.972 bits per heavy atom. The maximum atomic E-state index is 12.4. The number of hydrogen-bond donors (Lipinski definition) is 3. The Morgan fingerprint density at radius 3 is 2.56 bits per heavy atom. The highest BCUT2D eigenvalue weighted by molar-refractivity contribution is 6.06. The van der Waals surface area contributed by atoms with Crippen LogP contribution in [-0.2, 0) is 6.42 Å². The number of nitrogens with zero attached hydrogens (tertiary/aromatic N) is 1. The Labute approximate surface area is 211 Å². The Balaban J connectivity index is 1.28. The van der Waals surface area contributed by atoms with Crippen molar-refractivity contribution in [3.63, 3.8) is 0 Å². The largest absolute Gasteiger partial charge is 0.491 e. The number of ether oxygens (including phenoxy) is 2. The lowest BCUT2D eigenvalue weighted by Gasteiger charge is -2.13. The lowest BCUT2D eigenvalue weighted by molar-refractivity contribution is 0.0957. The molecule has 7 heteroatoms. The van der Waals surface area contributed by atoms with E-state index in [4.69, 9.17) is 9.47 Å². The number of pyridine rings is 1. The van der Waals surface area contributed by atoms with E-state index in [-0.39, 0.29) is 12.5 Å². The third-order valence-electron chi connectivity index (χ3n) is 5.62. The fraction of sp³-hybridized carbons (Fsp3) is 0.241. The van der Waals surface area contributed by atoms with E-state index in [0.29, 0.717) is 35.7 Å². The van der Waals surface area contributed by atoms with Crippen molar-refractivity contribution in [3.8, 4) is 17.2 Å². The van der Waals surface area contributed by atoms with E-state index in [1.54, 1.807) is 18.3 Å². The van der Waals surface area contributed by atoms with Gasteiger partial charge in [0.1, 0.15) is 30.0 Å². The van der Waals surface area contributed by atoms with Crippen LogP contribution in [0.4, 0.5) is 0 Å². The molecule has 7 nitrogen and oxygen atoms in total. The molecule has 0 aliphatic carbocycles. The average molecular weight is 486 g/mol. The van der Waals surface area contributed by atoms with Gasteiger partial charge in [0.25, 0.3) is 5.91 Å². The summed E-state index contributed by atoms with van der Waals surface area (Å²) in [6.07, 6.45) is 1.89. The second kappa shape index (κ2) is 12.7. The minimum atomic E-state index is -0.579. The number of benzene rings is 3. The summed E-state index contributed by atoms with van der Waals surface area (Å²) in [6, 6.07) is 24.7. The molecule has 0 radical (unpaired) electrons. The molecule has 4 aromatic rings. The molecule has 1 amide bonds. The van der Waals surface area contributed by atoms with Crippen LogP contribution in [0.1, 0.15) is 22.8 Å². The van der Waals surface area contributed by atoms with Crippen molar-refractivity contribution in [2.24, 2.45) is 0 Å². The zero-order valence-electron chi connectivity index (χ0n) is 20.3. The SMILES string of the molecule is CCNC(=O)c1cccc2c(Oc3ccc(CCNC[C@H](O)COc4ccccc4)cc3)ccnc12. The summed E-state index contributed by atoms with van der Waals surface area (Å²) >= 11 is 0. The van der Waals surface area contributed by atoms with Crippen LogP contribution in [0.15, 0.2) is 85.1 Å². The second-order valence-electron chi connectivity index (χ2n) is 8.35. The fourth-order valence-electron chi connectivity index (χ4n) is 3.80. The minimum absolute atomic E-state index is 0.151. The van der Waals surface area contributed by atoms with E-state index in [0.717, 1.165) is 29.7 Å². The standard InChI is InChI=1S/C29H31N3O4/c1-2-31-29(34)26-10-6-9-25-27(16-18-32-28(25)26)36-24-13-11-21(12-14-24)15-17-30-19-22(33)20-35-23-7-4-3-5-8-23/h3-14,16,18,22,30,33H,2,15,17,19-20H2,1H3,(H,31,34)/t22-/m0/s1. The number of nitrogens with one attached hydrogen (secondary N) is 2. The smallest absolute Gasteiger partial charge is 0.253 e. The highest BCUT2D eigenvalue weighted by atomic mass is 16.5. The van der Waals surface area contributed by atoms with Gasteiger partial charge in [-0.05, 0) is 67.9 Å². The van der Waals surface area contributed by atoms with Crippen LogP contribution in [0.25, 0.3) is 10.9 Å². The van der Waals surface area contributed by atoms with Crippen molar-refractivity contribution in [1.29, 1.82) is 0 Å². The van der Waals surface area contributed by atoms with Crippen molar-refractivity contribution in [2.45, 2.75) is 19.4 Å². The molecule has 3 aromatic carbocycles. The molecule has 0 bridgehead atoms. The summed E-state index contributed by atoms with van der Waals surface area (Å²) in [7, 11) is 0. The summed E-state index contributed by atoms with van der Waals surface area (Å²) in [5.41, 5.74) is 2.29. The first-order valence-electron chi connectivity index (χ1n) is 12.1. The van der Waals surface area contributed by atoms with Crippen molar-refractivity contribution >= 4 is 16.8 Å². The highest BCUT2D eigenvalue weighted by Gasteiger charge is 2.13. The van der Waals surface area contributed by atoms with Gasteiger partial charge in [-0.3, -0.25) is 9.78 Å². The number of para-hydroxylation sites is 2. The topological polar surface area (TPSA) is 92.7 Å². The lowest BCUT2D eigenvalue weighted by atomic mass is 10.1. The number of aliphatic hydroxyl groups excluding tert-OH is 1. The predicted octanol–water partition coefficient (Wildman–Crippen LogP) is 4.35. The monoisotopic (exact) mass is 485 g/mol. The molecule has 0 unspecified atom stereocenters. The molecule has 0 aliphatic heterocycles. The molecular weight excluding hydrogens is 454 g/mol. The van der Waals surface area contributed by atoms with Crippen LogP contribution in [-0.4, -0.2) is 48.3 Å². The second-order valence-corrected chi connectivity index (χ2v) is 8.35. The average Bonchev–Trinajstić information content (AvgIpc) is 2.91. The van der Waals surface area contributed by atoms with Gasteiger partial charge in [-0.2, -0.15) is 0 Å². The molecule has 0 aliphatic rings. The Morgan fingerprint density at radius 2 is 1.78 bits per heavy atom. The van der Waals surface area contributed by atoms with Crippen molar-refractivity contribution in [3.05, 3.63) is 96.2 Å². The van der Waals surface area contributed by atoms with Crippen LogP contribution in [0.2, 0.25) is 0 Å². The number of aromatic nitrogens is 1. The highest BCUT2D eigenvalue weighted by Crippen LogP contribution is 2.30. The van der Waals surface area contributed by atoms with Gasteiger partial charge in [0.15, 0.2) is 0 Å². The minimum Gasteiger partial charge on any atom is -0.491 e. The molecule has 3 N–H and O–H groups in total. The predicted molar refractivity (Wildman–Crippen MR) is 141 cm³/mol. The van der Waals surface area contributed by atoms with Crippen molar-refractivity contribution < 1.29 is 19.4 Å². The van der Waals surface area contributed by atoms with Gasteiger partial charge in [0, 0.05) is 24.7 Å². The third kappa shape index (κ3) is 6.81. The Bertz CT molecular complexity index is 1260. The van der Waals surface area contributed by atoms with E-state index >= 15 is 0 Å². The van der Waals surface area contributed by atoms with Crippen LogP contribution >= 0.6 is 0 Å². The molecule has 1 aromatic heterocycles. The Hall–Kier alpha value is -3.94. The first-order valence-corrected chi connectivity index (χ1v) is 12.1. The van der Waals surface area contributed by atoms with Crippen LogP contribution in [0, 0.1) is 0 Å². The molecule has 1 atom stereocenters. The van der Waals surface area contributed by atoms with E-state index in [1.165, 1.54) is 0 Å². The van der Waals surface area contributed by atoms with Gasteiger partial charge in [0.05, 0.1) is 11.1 Å². The lowest BCUT2D eigenvalue weighted by Crippen LogP contribution is -2.32. The van der Waals surface area contributed by atoms with Gasteiger partial charge < -0.3 is 25.2 Å². The van der Waals surface area contributed by atoms with Crippen molar-refractivity contribution in [2.75, 3.05) is 26.2 Å². The molecule has 1 heterocycles. The number of carbonyl (C=O) groups is 1. The van der Waals surface area contributed by atoms with Gasteiger partial charge in [0.2, 0.25) is 0 Å². The summed E-state index contributed by atoms with van der Waals surface area (Å²) in [5, 5.41) is 17.0. The van der Waals surface area contributed by atoms with Gasteiger partial charge in [-0.25, -0.2) is 0 Å². The van der Waals surface area contributed by atoms with E-state index in [1.807, 2.05) is 73.7 Å². The zero-order chi connectivity index (χ0) is 25.2. The van der Waals surface area contributed by atoms with E-state index < -0.39 is 6.10 Å². The molecule has 0 saturated heterocycles. The fourth-order valence-corrected chi connectivity index (χ4v) is 3.80. The normalized spacial score (nSPS) is 11.7. The number of rotatable bonds is 12. The third-order valence-corrected chi connectivity index (χ3v) is 5.62. The molecular formula is C29H31N3O4. The number of hydrogen-bond acceptors (Lipinski definition) is 6. The molecule has 186 valence electrons. The molecule has 0 fully saturated rings. The summed E-state index contributed by atoms with van der Waals surface area (Å²) in [4.78, 5) is 16.8. The molecule has 4 rings (SSSR count). The van der Waals surface area contributed by atoms with Crippen molar-refractivity contribution in [1.82, 2.24) is 15.6 Å². The maximum absolute atomic E-state index is 12.4. The van der Waals surface area contributed by atoms with E-state index in [9.17, 15) is 9.90 Å². The molecule has 0 saturated carbocycles. The number of fused-ring (bicyclic) bond motifs is 1. The van der Waals surface area contributed by atoms with Crippen LogP contribution in [0.5, 0.6) is 17.2 Å². The van der Waals surface area contributed by atoms with Gasteiger partial charge in [-0.15, -0.1) is 0 Å². The number of amides is 1. The zero-order valence-corrected chi connectivity index (χ0v) is 20.3. The van der Waals surface area contributed by atoms with Crippen LogP contribution in [0.3, 0.4) is 0 Å². The van der Waals surface area contributed by atoms with Gasteiger partial charge >= 0.3 is 0 Å². The summed E-state index contributed by atoms with van der Waals surface area (Å²) < 4.78 is 11.7. The first kappa shape index (κ1) is 25.2. The molecule has 36 heavy (non-hydrogen) atoms. The van der Waals surface area contributed by atoms with E-state index in [2.05, 4.69) is 15.6 Å². The maximum Gasteiger partial charge on any atom is 0.253 e.